The van der Waals surface area contributed by atoms with Crippen LogP contribution in [0.4, 0.5) is 4.39 Å². The summed E-state index contributed by atoms with van der Waals surface area (Å²) in [6.07, 6.45) is 4.03. The van der Waals surface area contributed by atoms with Crippen molar-refractivity contribution in [1.82, 2.24) is 15.5 Å². The molecule has 0 radical (unpaired) electrons. The fourth-order valence-electron chi connectivity index (χ4n) is 2.52. The molecule has 18 heavy (non-hydrogen) atoms. The molecule has 0 amide bonds. The second kappa shape index (κ2) is 4.90. The van der Waals surface area contributed by atoms with Crippen LogP contribution in [0.2, 0.25) is 0 Å². The lowest BCUT2D eigenvalue weighted by Crippen LogP contribution is -2.11. The predicted octanol–water partition coefficient (Wildman–Crippen LogP) is 2.37. The molecular weight excluding hydrogens is 229 g/mol. The van der Waals surface area contributed by atoms with Gasteiger partial charge in [-0.3, -0.25) is 5.10 Å². The summed E-state index contributed by atoms with van der Waals surface area (Å²) in [4.78, 5) is 0. The van der Waals surface area contributed by atoms with Crippen LogP contribution in [0.15, 0.2) is 30.5 Å². The van der Waals surface area contributed by atoms with Gasteiger partial charge in [-0.2, -0.15) is 5.10 Å². The van der Waals surface area contributed by atoms with Gasteiger partial charge in [-0.1, -0.05) is 12.1 Å². The van der Waals surface area contributed by atoms with Crippen molar-refractivity contribution in [3.05, 3.63) is 42.0 Å². The van der Waals surface area contributed by atoms with Crippen LogP contribution in [0.3, 0.4) is 0 Å². The third-order valence-corrected chi connectivity index (χ3v) is 3.53. The van der Waals surface area contributed by atoms with Crippen molar-refractivity contribution in [1.29, 1.82) is 0 Å². The van der Waals surface area contributed by atoms with Crippen molar-refractivity contribution < 1.29 is 4.39 Å². The third-order valence-electron chi connectivity index (χ3n) is 3.53. The first-order valence-corrected chi connectivity index (χ1v) is 6.32. The largest absolute Gasteiger partial charge is 0.316 e. The van der Waals surface area contributed by atoms with E-state index in [-0.39, 0.29) is 5.82 Å². The van der Waals surface area contributed by atoms with Crippen molar-refractivity contribution in [3.63, 3.8) is 0 Å². The normalized spacial score (nSPS) is 19.3. The maximum absolute atomic E-state index is 12.9. The summed E-state index contributed by atoms with van der Waals surface area (Å²) >= 11 is 0. The van der Waals surface area contributed by atoms with Crippen LogP contribution in [0.5, 0.6) is 0 Å². The first-order chi connectivity index (χ1) is 8.83. The number of nitrogens with zero attached hydrogens (tertiary/aromatic N) is 1. The summed E-state index contributed by atoms with van der Waals surface area (Å²) < 4.78 is 12.9. The Morgan fingerprint density at radius 3 is 2.83 bits per heavy atom. The monoisotopic (exact) mass is 245 g/mol. The average Bonchev–Trinajstić information content (AvgIpc) is 3.02. The van der Waals surface area contributed by atoms with Crippen LogP contribution in [0, 0.1) is 11.7 Å². The number of hydrogen-bond acceptors (Lipinski definition) is 2. The minimum Gasteiger partial charge on any atom is -0.316 e. The molecule has 3 rings (SSSR count). The Morgan fingerprint density at radius 1 is 1.28 bits per heavy atom. The Labute approximate surface area is 105 Å². The molecule has 2 heterocycles. The fraction of sp³-hybridized carbons (Fsp3) is 0.357. The molecule has 2 aromatic rings. The molecule has 1 aliphatic rings. The molecule has 3 nitrogen and oxygen atoms in total. The van der Waals surface area contributed by atoms with Gasteiger partial charge in [0.05, 0.1) is 6.20 Å². The maximum Gasteiger partial charge on any atom is 0.123 e. The summed E-state index contributed by atoms with van der Waals surface area (Å²) in [5.74, 6) is 0.466. The summed E-state index contributed by atoms with van der Waals surface area (Å²) in [5.41, 5.74) is 3.25. The highest BCUT2D eigenvalue weighted by atomic mass is 19.1. The zero-order chi connectivity index (χ0) is 12.4. The van der Waals surface area contributed by atoms with E-state index in [1.165, 1.54) is 18.6 Å². The zero-order valence-electron chi connectivity index (χ0n) is 10.1. The smallest absolute Gasteiger partial charge is 0.123 e. The minimum atomic E-state index is -0.205. The quantitative estimate of drug-likeness (QED) is 0.871. The van der Waals surface area contributed by atoms with E-state index in [2.05, 4.69) is 15.5 Å². The first-order valence-electron chi connectivity index (χ1n) is 6.32. The van der Waals surface area contributed by atoms with Gasteiger partial charge in [0.15, 0.2) is 0 Å². The molecule has 1 atom stereocenters. The van der Waals surface area contributed by atoms with Crippen LogP contribution < -0.4 is 5.32 Å². The Balaban J connectivity index is 1.84. The highest BCUT2D eigenvalue weighted by molar-refractivity contribution is 5.65. The molecule has 0 bridgehead atoms. The van der Waals surface area contributed by atoms with E-state index in [4.69, 9.17) is 0 Å². The molecule has 0 aliphatic carbocycles. The van der Waals surface area contributed by atoms with Crippen molar-refractivity contribution in [2.45, 2.75) is 12.8 Å². The minimum absolute atomic E-state index is 0.205. The number of nitrogens with one attached hydrogen (secondary N) is 2. The standard InChI is InChI=1S/C14H16FN3/c15-12-3-1-11(2-4-12)13-9-17-18-14(13)7-10-5-6-16-8-10/h1-4,9-10,16H,5-8H2,(H,17,18). The van der Waals surface area contributed by atoms with Gasteiger partial charge in [0, 0.05) is 11.3 Å². The zero-order valence-corrected chi connectivity index (χ0v) is 10.1. The number of rotatable bonds is 3. The number of aromatic amines is 1. The molecule has 1 saturated heterocycles. The van der Waals surface area contributed by atoms with Gasteiger partial charge in [0.25, 0.3) is 0 Å². The van der Waals surface area contributed by atoms with Crippen molar-refractivity contribution in [3.8, 4) is 11.1 Å². The van der Waals surface area contributed by atoms with Gasteiger partial charge < -0.3 is 5.32 Å². The average molecular weight is 245 g/mol. The highest BCUT2D eigenvalue weighted by Crippen LogP contribution is 2.25. The van der Waals surface area contributed by atoms with Gasteiger partial charge in [0.2, 0.25) is 0 Å². The van der Waals surface area contributed by atoms with E-state index < -0.39 is 0 Å². The van der Waals surface area contributed by atoms with Crippen LogP contribution in [0.1, 0.15) is 12.1 Å². The van der Waals surface area contributed by atoms with Gasteiger partial charge in [-0.05, 0) is 49.5 Å². The second-order valence-electron chi connectivity index (χ2n) is 4.83. The van der Waals surface area contributed by atoms with Gasteiger partial charge in [0.1, 0.15) is 5.82 Å². The molecule has 0 spiro atoms. The first kappa shape index (κ1) is 11.4. The van der Waals surface area contributed by atoms with Crippen molar-refractivity contribution >= 4 is 0 Å². The number of H-pyrrole nitrogens is 1. The summed E-state index contributed by atoms with van der Waals surface area (Å²) in [6, 6.07) is 6.58. The number of benzene rings is 1. The lowest BCUT2D eigenvalue weighted by molar-refractivity contribution is 0.571. The summed E-state index contributed by atoms with van der Waals surface area (Å²) in [7, 11) is 0. The van der Waals surface area contributed by atoms with Gasteiger partial charge in [-0.25, -0.2) is 4.39 Å². The number of aromatic nitrogens is 2. The van der Waals surface area contributed by atoms with Crippen molar-refractivity contribution in [2.24, 2.45) is 5.92 Å². The third kappa shape index (κ3) is 2.29. The summed E-state index contributed by atoms with van der Waals surface area (Å²) in [6.45, 7) is 2.17. The fourth-order valence-corrected chi connectivity index (χ4v) is 2.52. The van der Waals surface area contributed by atoms with Crippen molar-refractivity contribution in [2.75, 3.05) is 13.1 Å². The van der Waals surface area contributed by atoms with Crippen LogP contribution >= 0.6 is 0 Å². The molecule has 1 aromatic carbocycles. The molecule has 2 N–H and O–H groups in total. The molecule has 0 saturated carbocycles. The van der Waals surface area contributed by atoms with E-state index in [9.17, 15) is 4.39 Å². The highest BCUT2D eigenvalue weighted by Gasteiger charge is 2.18. The van der Waals surface area contributed by atoms with Crippen LogP contribution in [-0.4, -0.2) is 23.3 Å². The van der Waals surface area contributed by atoms with E-state index in [1.54, 1.807) is 12.1 Å². The molecule has 1 fully saturated rings. The van der Waals surface area contributed by atoms with Gasteiger partial charge in [-0.15, -0.1) is 0 Å². The molecule has 4 heteroatoms. The van der Waals surface area contributed by atoms with Crippen LogP contribution in [0.25, 0.3) is 11.1 Å². The van der Waals surface area contributed by atoms with Crippen LogP contribution in [-0.2, 0) is 6.42 Å². The Morgan fingerprint density at radius 2 is 2.11 bits per heavy atom. The number of hydrogen-bond donors (Lipinski definition) is 2. The predicted molar refractivity (Wildman–Crippen MR) is 68.7 cm³/mol. The molecule has 94 valence electrons. The topological polar surface area (TPSA) is 40.7 Å². The Bertz CT molecular complexity index is 512. The van der Waals surface area contributed by atoms with E-state index in [1.807, 2.05) is 6.20 Å². The summed E-state index contributed by atoms with van der Waals surface area (Å²) in [5, 5.41) is 10.6. The Hall–Kier alpha value is -1.68. The SMILES string of the molecule is Fc1ccc(-c2cn[nH]c2CC2CCNC2)cc1. The maximum atomic E-state index is 12.9. The van der Waals surface area contributed by atoms with E-state index in [0.29, 0.717) is 5.92 Å². The van der Waals surface area contributed by atoms with E-state index in [0.717, 1.165) is 36.3 Å². The lowest BCUT2D eigenvalue weighted by atomic mass is 9.97. The van der Waals surface area contributed by atoms with E-state index >= 15 is 0 Å². The molecule has 1 unspecified atom stereocenters. The molecule has 1 aliphatic heterocycles. The Kier molecular flexibility index (Phi) is 3.11. The van der Waals surface area contributed by atoms with Gasteiger partial charge >= 0.3 is 0 Å². The second-order valence-corrected chi connectivity index (χ2v) is 4.83. The lowest BCUT2D eigenvalue weighted by Gasteiger charge is -2.08. The molecular formula is C14H16FN3. The molecule has 1 aromatic heterocycles. The number of halogens is 1.